The Balaban J connectivity index is 0.00000392. The Hall–Kier alpha value is -2.02. The van der Waals surface area contributed by atoms with Gasteiger partial charge in [0, 0.05) is 32.7 Å². The molecule has 0 radical (unpaired) electrons. The minimum Gasteiger partial charge on any atom is -0.444 e. The van der Waals surface area contributed by atoms with Crippen LogP contribution in [-0.4, -0.2) is 48.7 Å². The number of amides is 1. The Morgan fingerprint density at radius 3 is 2.82 bits per heavy atom. The van der Waals surface area contributed by atoms with Crippen molar-refractivity contribution in [2.24, 2.45) is 4.99 Å². The molecule has 0 bridgehead atoms. The van der Waals surface area contributed by atoms with E-state index in [-0.39, 0.29) is 36.1 Å². The van der Waals surface area contributed by atoms with E-state index < -0.39 is 5.60 Å². The number of aliphatic imine (C=N–C) groups is 1. The summed E-state index contributed by atoms with van der Waals surface area (Å²) in [7, 11) is 1.72. The van der Waals surface area contributed by atoms with Crippen LogP contribution in [0.4, 0.5) is 4.79 Å². The highest BCUT2D eigenvalue weighted by atomic mass is 127. The number of ether oxygens (including phenoxy) is 1. The number of halogens is 1. The summed E-state index contributed by atoms with van der Waals surface area (Å²) in [4.78, 5) is 18.3. The molecule has 1 atom stereocenters. The number of benzene rings is 1. The first kappa shape index (κ1) is 24.0. The molecule has 28 heavy (non-hydrogen) atoms. The predicted octanol–water partition coefficient (Wildman–Crippen LogP) is 3.24. The van der Waals surface area contributed by atoms with Crippen LogP contribution in [0, 0.1) is 11.3 Å². The van der Waals surface area contributed by atoms with Crippen molar-refractivity contribution in [2.75, 3.05) is 20.1 Å². The smallest absolute Gasteiger partial charge is 0.410 e. The van der Waals surface area contributed by atoms with Crippen molar-refractivity contribution < 1.29 is 9.53 Å². The number of likely N-dealkylation sites (tertiary alicyclic amines) is 1. The van der Waals surface area contributed by atoms with Gasteiger partial charge in [-0.15, -0.1) is 24.0 Å². The van der Waals surface area contributed by atoms with E-state index in [0.29, 0.717) is 31.2 Å². The molecule has 1 aliphatic rings. The van der Waals surface area contributed by atoms with Crippen LogP contribution in [0.3, 0.4) is 0 Å². The SMILES string of the molecule is CN=C(NCc1cccc(C#N)c1)NC1CCCN(C(=O)OC(C)(C)C)C1.I. The summed E-state index contributed by atoms with van der Waals surface area (Å²) in [5, 5.41) is 15.6. The number of piperidine rings is 1. The molecule has 1 unspecified atom stereocenters. The van der Waals surface area contributed by atoms with Crippen molar-refractivity contribution in [1.82, 2.24) is 15.5 Å². The summed E-state index contributed by atoms with van der Waals surface area (Å²) in [6.07, 6.45) is 1.60. The highest BCUT2D eigenvalue weighted by Crippen LogP contribution is 2.15. The fraction of sp³-hybridized carbons (Fsp3) is 0.550. The van der Waals surface area contributed by atoms with Crippen LogP contribution < -0.4 is 10.6 Å². The molecule has 1 aromatic carbocycles. The second-order valence-electron chi connectivity index (χ2n) is 7.65. The lowest BCUT2D eigenvalue weighted by molar-refractivity contribution is 0.0193. The fourth-order valence-electron chi connectivity index (χ4n) is 2.91. The molecule has 0 aromatic heterocycles. The first-order chi connectivity index (χ1) is 12.8. The topological polar surface area (TPSA) is 89.8 Å². The van der Waals surface area contributed by atoms with Crippen molar-refractivity contribution in [3.05, 3.63) is 35.4 Å². The normalized spacial score (nSPS) is 17.2. The highest BCUT2D eigenvalue weighted by Gasteiger charge is 2.27. The predicted molar refractivity (Wildman–Crippen MR) is 121 cm³/mol. The zero-order valence-corrected chi connectivity index (χ0v) is 19.3. The van der Waals surface area contributed by atoms with Crippen LogP contribution in [0.15, 0.2) is 29.3 Å². The molecule has 1 amide bonds. The molecule has 1 saturated heterocycles. The van der Waals surface area contributed by atoms with Crippen LogP contribution in [-0.2, 0) is 11.3 Å². The second kappa shape index (κ2) is 11.1. The number of guanidine groups is 1. The van der Waals surface area contributed by atoms with Gasteiger partial charge >= 0.3 is 6.09 Å². The lowest BCUT2D eigenvalue weighted by Crippen LogP contribution is -2.53. The number of carbonyl (C=O) groups excluding carboxylic acids is 1. The summed E-state index contributed by atoms with van der Waals surface area (Å²) in [5.74, 6) is 0.674. The van der Waals surface area contributed by atoms with E-state index >= 15 is 0 Å². The van der Waals surface area contributed by atoms with Crippen molar-refractivity contribution >= 4 is 36.0 Å². The average molecular weight is 499 g/mol. The number of nitrogens with zero attached hydrogens (tertiary/aromatic N) is 3. The molecule has 2 rings (SSSR count). The molecule has 8 heteroatoms. The quantitative estimate of drug-likeness (QED) is 0.379. The van der Waals surface area contributed by atoms with Crippen LogP contribution in [0.1, 0.15) is 44.7 Å². The number of carbonyl (C=O) groups is 1. The van der Waals surface area contributed by atoms with E-state index in [1.54, 1.807) is 18.0 Å². The lowest BCUT2D eigenvalue weighted by Gasteiger charge is -2.35. The van der Waals surface area contributed by atoms with Gasteiger partial charge in [0.1, 0.15) is 5.60 Å². The third kappa shape index (κ3) is 7.92. The van der Waals surface area contributed by atoms with Crippen LogP contribution in [0.25, 0.3) is 0 Å². The monoisotopic (exact) mass is 499 g/mol. The summed E-state index contributed by atoms with van der Waals surface area (Å²) in [5.41, 5.74) is 1.15. The Kier molecular flexibility index (Phi) is 9.52. The number of rotatable bonds is 3. The van der Waals surface area contributed by atoms with Gasteiger partial charge in [-0.25, -0.2) is 4.79 Å². The lowest BCUT2D eigenvalue weighted by atomic mass is 10.1. The van der Waals surface area contributed by atoms with Gasteiger partial charge in [-0.05, 0) is 51.3 Å². The molecule has 1 heterocycles. The standard InChI is InChI=1S/C20H29N5O2.HI/c1-20(2,3)27-19(26)25-10-6-9-17(14-25)24-18(22-4)23-13-16-8-5-7-15(11-16)12-21;/h5,7-8,11,17H,6,9-10,13-14H2,1-4H3,(H2,22,23,24);1H. The van der Waals surface area contributed by atoms with E-state index in [9.17, 15) is 4.79 Å². The van der Waals surface area contributed by atoms with Crippen molar-refractivity contribution in [1.29, 1.82) is 5.26 Å². The van der Waals surface area contributed by atoms with Crippen molar-refractivity contribution in [3.8, 4) is 6.07 Å². The van der Waals surface area contributed by atoms with Gasteiger partial charge in [-0.1, -0.05) is 12.1 Å². The summed E-state index contributed by atoms with van der Waals surface area (Å²) >= 11 is 0. The van der Waals surface area contributed by atoms with E-state index in [1.165, 1.54) is 0 Å². The fourth-order valence-corrected chi connectivity index (χ4v) is 2.91. The molecule has 0 saturated carbocycles. The second-order valence-corrected chi connectivity index (χ2v) is 7.65. The molecule has 1 fully saturated rings. The summed E-state index contributed by atoms with van der Waals surface area (Å²) in [6.45, 7) is 7.48. The highest BCUT2D eigenvalue weighted by molar-refractivity contribution is 14.0. The van der Waals surface area contributed by atoms with E-state index in [1.807, 2.05) is 39.0 Å². The molecule has 0 aliphatic carbocycles. The Morgan fingerprint density at radius 1 is 1.43 bits per heavy atom. The third-order valence-electron chi connectivity index (χ3n) is 4.15. The molecule has 0 spiro atoms. The van der Waals surface area contributed by atoms with E-state index in [2.05, 4.69) is 21.7 Å². The molecule has 2 N–H and O–H groups in total. The Morgan fingerprint density at radius 2 is 2.18 bits per heavy atom. The van der Waals surface area contributed by atoms with Crippen molar-refractivity contribution in [3.63, 3.8) is 0 Å². The van der Waals surface area contributed by atoms with Gasteiger partial charge < -0.3 is 20.3 Å². The molecular formula is C20H30IN5O2. The minimum absolute atomic E-state index is 0. The largest absolute Gasteiger partial charge is 0.444 e. The Labute approximate surface area is 184 Å². The number of nitriles is 1. The minimum atomic E-state index is -0.493. The number of hydrogen-bond donors (Lipinski definition) is 2. The molecular weight excluding hydrogens is 469 g/mol. The van der Waals surface area contributed by atoms with E-state index in [4.69, 9.17) is 10.00 Å². The first-order valence-electron chi connectivity index (χ1n) is 9.25. The average Bonchev–Trinajstić information content (AvgIpc) is 2.64. The van der Waals surface area contributed by atoms with Gasteiger partial charge in [-0.2, -0.15) is 5.26 Å². The van der Waals surface area contributed by atoms with Gasteiger partial charge in [0.2, 0.25) is 0 Å². The van der Waals surface area contributed by atoms with Gasteiger partial charge in [0.25, 0.3) is 0 Å². The summed E-state index contributed by atoms with van der Waals surface area (Å²) in [6, 6.07) is 9.72. The zero-order chi connectivity index (χ0) is 19.9. The molecule has 1 aliphatic heterocycles. The van der Waals surface area contributed by atoms with E-state index in [0.717, 1.165) is 18.4 Å². The van der Waals surface area contributed by atoms with Crippen LogP contribution in [0.2, 0.25) is 0 Å². The molecule has 1 aromatic rings. The third-order valence-corrected chi connectivity index (χ3v) is 4.15. The summed E-state index contributed by atoms with van der Waals surface area (Å²) < 4.78 is 5.47. The van der Waals surface area contributed by atoms with Crippen LogP contribution in [0.5, 0.6) is 0 Å². The van der Waals surface area contributed by atoms with Gasteiger partial charge in [0.15, 0.2) is 5.96 Å². The maximum Gasteiger partial charge on any atom is 0.410 e. The van der Waals surface area contributed by atoms with Gasteiger partial charge in [-0.3, -0.25) is 4.99 Å². The van der Waals surface area contributed by atoms with Crippen molar-refractivity contribution in [2.45, 2.75) is 51.8 Å². The first-order valence-corrected chi connectivity index (χ1v) is 9.25. The maximum absolute atomic E-state index is 12.3. The van der Waals surface area contributed by atoms with Gasteiger partial charge in [0.05, 0.1) is 11.6 Å². The molecule has 154 valence electrons. The van der Waals surface area contributed by atoms with Crippen LogP contribution >= 0.6 is 24.0 Å². The Bertz CT molecular complexity index is 724. The molecule has 7 nitrogen and oxygen atoms in total. The number of hydrogen-bond acceptors (Lipinski definition) is 4. The number of nitrogens with one attached hydrogen (secondary N) is 2. The maximum atomic E-state index is 12.3. The zero-order valence-electron chi connectivity index (χ0n) is 17.0.